The zero-order valence-electron chi connectivity index (χ0n) is 11.9. The number of hydrogen-bond acceptors (Lipinski definition) is 3. The van der Waals surface area contributed by atoms with Crippen molar-refractivity contribution in [3.05, 3.63) is 28.8 Å². The number of likely N-dealkylation sites (tertiary alicyclic amines) is 1. The summed E-state index contributed by atoms with van der Waals surface area (Å²) in [6.07, 6.45) is 4.94. The molecular weight excluding hydrogens is 272 g/mol. The predicted molar refractivity (Wildman–Crippen MR) is 82.2 cm³/mol. The van der Waals surface area contributed by atoms with Crippen LogP contribution in [0.4, 0.5) is 0 Å². The second-order valence-corrected chi connectivity index (χ2v) is 6.58. The molecule has 1 aliphatic heterocycles. The van der Waals surface area contributed by atoms with E-state index in [0.29, 0.717) is 6.04 Å². The van der Waals surface area contributed by atoms with E-state index in [1.807, 2.05) is 18.2 Å². The van der Waals surface area contributed by atoms with E-state index >= 15 is 0 Å². The standard InChI is InChI=1S/C16H23ClN2O/c17-14-5-6-16(20-11-12-3-4-12)13(8-14)9-19-7-1-2-15(18)10-19/h5-6,8,12,15H,1-4,7,9-11,18H2/t15-/m1/s1. The highest BCUT2D eigenvalue weighted by Gasteiger charge is 2.23. The molecule has 2 aliphatic rings. The molecule has 0 amide bonds. The Kier molecular flexibility index (Phi) is 4.49. The summed E-state index contributed by atoms with van der Waals surface area (Å²) in [5, 5.41) is 0.778. The zero-order chi connectivity index (χ0) is 13.9. The van der Waals surface area contributed by atoms with E-state index < -0.39 is 0 Å². The maximum Gasteiger partial charge on any atom is 0.123 e. The monoisotopic (exact) mass is 294 g/mol. The molecule has 0 unspecified atom stereocenters. The second-order valence-electron chi connectivity index (χ2n) is 6.14. The Morgan fingerprint density at radius 1 is 1.30 bits per heavy atom. The van der Waals surface area contributed by atoms with Crippen LogP contribution in [0.3, 0.4) is 0 Å². The van der Waals surface area contributed by atoms with Gasteiger partial charge in [-0.1, -0.05) is 11.6 Å². The van der Waals surface area contributed by atoms with E-state index in [4.69, 9.17) is 22.1 Å². The molecule has 1 aromatic rings. The van der Waals surface area contributed by atoms with Crippen LogP contribution in [0, 0.1) is 5.92 Å². The van der Waals surface area contributed by atoms with Gasteiger partial charge >= 0.3 is 0 Å². The zero-order valence-corrected chi connectivity index (χ0v) is 12.6. The average molecular weight is 295 g/mol. The largest absolute Gasteiger partial charge is 0.493 e. The van der Waals surface area contributed by atoms with E-state index in [-0.39, 0.29) is 0 Å². The van der Waals surface area contributed by atoms with Crippen LogP contribution >= 0.6 is 11.6 Å². The maximum absolute atomic E-state index is 6.14. The van der Waals surface area contributed by atoms with Crippen molar-refractivity contribution in [1.29, 1.82) is 0 Å². The first-order chi connectivity index (χ1) is 9.70. The van der Waals surface area contributed by atoms with Gasteiger partial charge < -0.3 is 10.5 Å². The summed E-state index contributed by atoms with van der Waals surface area (Å²) in [5.41, 5.74) is 7.24. The number of rotatable bonds is 5. The maximum atomic E-state index is 6.14. The minimum absolute atomic E-state index is 0.304. The molecule has 110 valence electrons. The highest BCUT2D eigenvalue weighted by molar-refractivity contribution is 6.30. The van der Waals surface area contributed by atoms with Crippen LogP contribution in [0.1, 0.15) is 31.2 Å². The highest BCUT2D eigenvalue weighted by atomic mass is 35.5. The van der Waals surface area contributed by atoms with Crippen LogP contribution in [0.15, 0.2) is 18.2 Å². The third-order valence-corrected chi connectivity index (χ3v) is 4.37. The molecule has 0 aromatic heterocycles. The summed E-state index contributed by atoms with van der Waals surface area (Å²) in [6.45, 7) is 3.80. The van der Waals surface area contributed by atoms with Gasteiger partial charge in [-0.15, -0.1) is 0 Å². The molecule has 1 atom stereocenters. The molecule has 4 heteroatoms. The SMILES string of the molecule is N[C@@H]1CCCN(Cc2cc(Cl)ccc2OCC2CC2)C1. The van der Waals surface area contributed by atoms with E-state index in [1.54, 1.807) is 0 Å². The molecule has 1 saturated heterocycles. The summed E-state index contributed by atoms with van der Waals surface area (Å²) in [7, 11) is 0. The lowest BCUT2D eigenvalue weighted by Gasteiger charge is -2.31. The van der Waals surface area contributed by atoms with Crippen molar-refractivity contribution in [2.45, 2.75) is 38.3 Å². The average Bonchev–Trinajstić information content (AvgIpc) is 3.22. The molecule has 0 spiro atoms. The molecule has 2 N–H and O–H groups in total. The van der Waals surface area contributed by atoms with Crippen molar-refractivity contribution < 1.29 is 4.74 Å². The van der Waals surface area contributed by atoms with Gasteiger partial charge in [-0.25, -0.2) is 0 Å². The fourth-order valence-electron chi connectivity index (χ4n) is 2.78. The highest BCUT2D eigenvalue weighted by Crippen LogP contribution is 2.31. The van der Waals surface area contributed by atoms with Crippen molar-refractivity contribution in [2.24, 2.45) is 11.7 Å². The van der Waals surface area contributed by atoms with E-state index in [2.05, 4.69) is 4.90 Å². The molecule has 1 heterocycles. The number of halogens is 1. The predicted octanol–water partition coefficient (Wildman–Crippen LogP) is 3.05. The number of benzene rings is 1. The number of ether oxygens (including phenoxy) is 1. The van der Waals surface area contributed by atoms with Crippen LogP contribution in [-0.4, -0.2) is 30.6 Å². The van der Waals surface area contributed by atoms with Gasteiger partial charge in [0.15, 0.2) is 0 Å². The van der Waals surface area contributed by atoms with Crippen LogP contribution in [0.25, 0.3) is 0 Å². The van der Waals surface area contributed by atoms with Crippen LogP contribution in [0.2, 0.25) is 5.02 Å². The summed E-state index contributed by atoms with van der Waals surface area (Å²) < 4.78 is 5.97. The molecule has 3 nitrogen and oxygen atoms in total. The number of nitrogens with two attached hydrogens (primary N) is 1. The normalized spacial score (nSPS) is 23.8. The van der Waals surface area contributed by atoms with Gasteiger partial charge in [-0.2, -0.15) is 0 Å². The van der Waals surface area contributed by atoms with Crippen LogP contribution in [-0.2, 0) is 6.54 Å². The van der Waals surface area contributed by atoms with E-state index in [0.717, 1.165) is 49.4 Å². The Balaban J connectivity index is 1.67. The first-order valence-corrected chi connectivity index (χ1v) is 7.97. The topological polar surface area (TPSA) is 38.5 Å². The summed E-state index contributed by atoms with van der Waals surface area (Å²) in [5.74, 6) is 1.75. The Bertz CT molecular complexity index is 462. The van der Waals surface area contributed by atoms with Gasteiger partial charge in [0.05, 0.1) is 6.61 Å². The van der Waals surface area contributed by atoms with Gasteiger partial charge in [0, 0.05) is 29.7 Å². The summed E-state index contributed by atoms with van der Waals surface area (Å²) >= 11 is 6.14. The van der Waals surface area contributed by atoms with Crippen molar-refractivity contribution in [2.75, 3.05) is 19.7 Å². The van der Waals surface area contributed by atoms with Crippen molar-refractivity contribution >= 4 is 11.6 Å². The van der Waals surface area contributed by atoms with Crippen LogP contribution in [0.5, 0.6) is 5.75 Å². The fraction of sp³-hybridized carbons (Fsp3) is 0.625. The fourth-order valence-corrected chi connectivity index (χ4v) is 2.98. The molecule has 1 saturated carbocycles. The lowest BCUT2D eigenvalue weighted by molar-refractivity contribution is 0.197. The molecule has 20 heavy (non-hydrogen) atoms. The van der Waals surface area contributed by atoms with E-state index in [9.17, 15) is 0 Å². The van der Waals surface area contributed by atoms with Gasteiger partial charge in [-0.3, -0.25) is 4.90 Å². The lowest BCUT2D eigenvalue weighted by Crippen LogP contribution is -2.42. The Morgan fingerprint density at radius 3 is 2.90 bits per heavy atom. The Labute approximate surface area is 126 Å². The van der Waals surface area contributed by atoms with Gasteiger partial charge in [0.2, 0.25) is 0 Å². The first kappa shape index (κ1) is 14.2. The Morgan fingerprint density at radius 2 is 2.15 bits per heavy atom. The lowest BCUT2D eigenvalue weighted by atomic mass is 10.1. The third-order valence-electron chi connectivity index (χ3n) is 4.13. The van der Waals surface area contributed by atoms with Gasteiger partial charge in [0.1, 0.15) is 5.75 Å². The van der Waals surface area contributed by atoms with Crippen molar-refractivity contribution in [1.82, 2.24) is 4.90 Å². The molecule has 0 bridgehead atoms. The van der Waals surface area contributed by atoms with Crippen LogP contribution < -0.4 is 10.5 Å². The van der Waals surface area contributed by atoms with Crippen molar-refractivity contribution in [3.63, 3.8) is 0 Å². The van der Waals surface area contributed by atoms with Gasteiger partial charge in [-0.05, 0) is 56.3 Å². The number of nitrogens with zero attached hydrogens (tertiary/aromatic N) is 1. The molecule has 1 aliphatic carbocycles. The quantitative estimate of drug-likeness (QED) is 0.907. The van der Waals surface area contributed by atoms with Gasteiger partial charge in [0.25, 0.3) is 0 Å². The van der Waals surface area contributed by atoms with E-state index in [1.165, 1.54) is 24.8 Å². The summed E-state index contributed by atoms with van der Waals surface area (Å²) in [6, 6.07) is 6.25. The Hall–Kier alpha value is -0.770. The molecule has 1 aromatic carbocycles. The minimum atomic E-state index is 0.304. The molecule has 0 radical (unpaired) electrons. The smallest absolute Gasteiger partial charge is 0.123 e. The molecule has 2 fully saturated rings. The first-order valence-electron chi connectivity index (χ1n) is 7.60. The van der Waals surface area contributed by atoms with Crippen molar-refractivity contribution in [3.8, 4) is 5.75 Å². The third kappa shape index (κ3) is 3.87. The number of hydrogen-bond donors (Lipinski definition) is 1. The molecular formula is C16H23ClN2O. The molecule has 3 rings (SSSR count). The minimum Gasteiger partial charge on any atom is -0.493 e. The summed E-state index contributed by atoms with van der Waals surface area (Å²) in [4.78, 5) is 2.41. The second kappa shape index (κ2) is 6.33. The number of piperidine rings is 1.